The monoisotopic (exact) mass is 230 g/mol. The summed E-state index contributed by atoms with van der Waals surface area (Å²) in [6.07, 6.45) is 1.29. The molecule has 1 aliphatic rings. The SMILES string of the molecule is NC1(c2ccc(F)nc2)CCC(F)(F)CC1. The Bertz CT molecular complexity index is 365. The summed E-state index contributed by atoms with van der Waals surface area (Å²) in [6, 6.07) is 2.72. The van der Waals surface area contributed by atoms with E-state index in [-0.39, 0.29) is 25.7 Å². The molecule has 0 saturated heterocycles. The number of rotatable bonds is 1. The number of hydrogen-bond acceptors (Lipinski definition) is 2. The summed E-state index contributed by atoms with van der Waals surface area (Å²) in [5.41, 5.74) is 5.90. The highest BCUT2D eigenvalue weighted by atomic mass is 19.3. The van der Waals surface area contributed by atoms with E-state index < -0.39 is 17.4 Å². The van der Waals surface area contributed by atoms with E-state index >= 15 is 0 Å². The first-order valence-electron chi connectivity index (χ1n) is 5.20. The van der Waals surface area contributed by atoms with Crippen LogP contribution in [0.25, 0.3) is 0 Å². The predicted octanol–water partition coefficient (Wildman–Crippen LogP) is 2.58. The van der Waals surface area contributed by atoms with E-state index in [0.29, 0.717) is 5.56 Å². The van der Waals surface area contributed by atoms with Crippen LogP contribution in [0.5, 0.6) is 0 Å². The smallest absolute Gasteiger partial charge is 0.248 e. The second kappa shape index (κ2) is 3.73. The molecule has 1 aliphatic carbocycles. The molecule has 2 N–H and O–H groups in total. The molecule has 5 heteroatoms. The Morgan fingerprint density at radius 3 is 2.25 bits per heavy atom. The maximum atomic E-state index is 13.0. The summed E-state index contributed by atoms with van der Waals surface area (Å²) < 4.78 is 38.6. The first-order chi connectivity index (χ1) is 7.41. The Morgan fingerprint density at radius 1 is 1.12 bits per heavy atom. The number of pyridine rings is 1. The summed E-state index contributed by atoms with van der Waals surface area (Å²) in [6.45, 7) is 0. The van der Waals surface area contributed by atoms with Crippen LogP contribution < -0.4 is 5.73 Å². The third kappa shape index (κ3) is 2.19. The maximum Gasteiger partial charge on any atom is 0.248 e. The van der Waals surface area contributed by atoms with Crippen molar-refractivity contribution < 1.29 is 13.2 Å². The van der Waals surface area contributed by atoms with E-state index in [9.17, 15) is 13.2 Å². The summed E-state index contributed by atoms with van der Waals surface area (Å²) in [7, 11) is 0. The van der Waals surface area contributed by atoms with Crippen molar-refractivity contribution in [2.45, 2.75) is 37.1 Å². The van der Waals surface area contributed by atoms with Gasteiger partial charge in [-0.05, 0) is 24.5 Å². The Kier molecular flexibility index (Phi) is 2.66. The van der Waals surface area contributed by atoms with Gasteiger partial charge in [0.25, 0.3) is 0 Å². The van der Waals surface area contributed by atoms with Crippen LogP contribution in [0.3, 0.4) is 0 Å². The summed E-state index contributed by atoms with van der Waals surface area (Å²) in [5, 5.41) is 0. The fraction of sp³-hybridized carbons (Fsp3) is 0.545. The lowest BCUT2D eigenvalue weighted by molar-refractivity contribution is -0.0514. The first kappa shape index (κ1) is 11.4. The van der Waals surface area contributed by atoms with Crippen molar-refractivity contribution in [2.75, 3.05) is 0 Å². The second-order valence-corrected chi connectivity index (χ2v) is 4.38. The van der Waals surface area contributed by atoms with Crippen LogP contribution in [0.2, 0.25) is 0 Å². The van der Waals surface area contributed by atoms with Crippen molar-refractivity contribution >= 4 is 0 Å². The predicted molar refractivity (Wildman–Crippen MR) is 53.5 cm³/mol. The van der Waals surface area contributed by atoms with E-state index in [1.54, 1.807) is 0 Å². The minimum absolute atomic E-state index is 0.202. The fourth-order valence-corrected chi connectivity index (χ4v) is 2.02. The second-order valence-electron chi connectivity index (χ2n) is 4.38. The molecule has 1 saturated carbocycles. The molecular weight excluding hydrogens is 217 g/mol. The maximum absolute atomic E-state index is 13.0. The molecule has 0 atom stereocenters. The van der Waals surface area contributed by atoms with E-state index in [0.717, 1.165) is 0 Å². The zero-order valence-corrected chi connectivity index (χ0v) is 8.72. The molecule has 1 aromatic heterocycles. The molecule has 0 amide bonds. The van der Waals surface area contributed by atoms with Gasteiger partial charge in [-0.25, -0.2) is 13.8 Å². The molecule has 2 nitrogen and oxygen atoms in total. The third-order valence-corrected chi connectivity index (χ3v) is 3.18. The molecule has 1 aromatic rings. The van der Waals surface area contributed by atoms with Crippen LogP contribution in [-0.2, 0) is 5.54 Å². The van der Waals surface area contributed by atoms with E-state index in [1.165, 1.54) is 18.3 Å². The Balaban J connectivity index is 2.18. The highest BCUT2D eigenvalue weighted by Gasteiger charge is 2.42. The molecule has 1 fully saturated rings. The van der Waals surface area contributed by atoms with Gasteiger partial charge in [0.1, 0.15) is 0 Å². The zero-order valence-electron chi connectivity index (χ0n) is 8.72. The fourth-order valence-electron chi connectivity index (χ4n) is 2.02. The van der Waals surface area contributed by atoms with Crippen LogP contribution in [0.4, 0.5) is 13.2 Å². The van der Waals surface area contributed by atoms with Crippen LogP contribution in [0, 0.1) is 5.95 Å². The molecule has 88 valence electrons. The topological polar surface area (TPSA) is 38.9 Å². The van der Waals surface area contributed by atoms with Gasteiger partial charge in [0.05, 0.1) is 0 Å². The van der Waals surface area contributed by atoms with Gasteiger partial charge < -0.3 is 5.73 Å². The minimum Gasteiger partial charge on any atom is -0.321 e. The molecule has 1 heterocycles. The quantitative estimate of drug-likeness (QED) is 0.753. The van der Waals surface area contributed by atoms with Gasteiger partial charge >= 0.3 is 0 Å². The van der Waals surface area contributed by atoms with Gasteiger partial charge in [0.15, 0.2) is 0 Å². The van der Waals surface area contributed by atoms with E-state index in [1.807, 2.05) is 0 Å². The number of alkyl halides is 2. The number of nitrogens with two attached hydrogens (primary N) is 1. The van der Waals surface area contributed by atoms with Crippen molar-refractivity contribution in [3.63, 3.8) is 0 Å². The van der Waals surface area contributed by atoms with Crippen molar-refractivity contribution in [3.8, 4) is 0 Å². The van der Waals surface area contributed by atoms with Gasteiger partial charge in [-0.3, -0.25) is 0 Å². The van der Waals surface area contributed by atoms with Gasteiger partial charge in [-0.15, -0.1) is 0 Å². The highest BCUT2D eigenvalue weighted by molar-refractivity contribution is 5.21. The van der Waals surface area contributed by atoms with E-state index in [2.05, 4.69) is 4.98 Å². The number of hydrogen-bond donors (Lipinski definition) is 1. The molecule has 2 rings (SSSR count). The average molecular weight is 230 g/mol. The summed E-state index contributed by atoms with van der Waals surface area (Å²) in [5.74, 6) is -3.20. The lowest BCUT2D eigenvalue weighted by Gasteiger charge is -2.37. The molecule has 0 unspecified atom stereocenters. The van der Waals surface area contributed by atoms with Gasteiger partial charge in [0.2, 0.25) is 11.9 Å². The standard InChI is InChI=1S/C11H13F3N2/c12-9-2-1-8(7-16-9)10(15)3-5-11(13,14)6-4-10/h1-2,7H,3-6,15H2. The Hall–Kier alpha value is -1.10. The van der Waals surface area contributed by atoms with Gasteiger partial charge in [0, 0.05) is 24.6 Å². The molecule has 0 spiro atoms. The molecule has 16 heavy (non-hydrogen) atoms. The molecule has 0 bridgehead atoms. The summed E-state index contributed by atoms with van der Waals surface area (Å²) >= 11 is 0. The normalized spacial score (nSPS) is 23.0. The largest absolute Gasteiger partial charge is 0.321 e. The minimum atomic E-state index is -2.61. The van der Waals surface area contributed by atoms with Crippen molar-refractivity contribution in [3.05, 3.63) is 29.8 Å². The Labute approximate surface area is 91.7 Å². The number of aromatic nitrogens is 1. The zero-order chi connectivity index (χ0) is 11.8. The van der Waals surface area contributed by atoms with Crippen molar-refractivity contribution in [2.24, 2.45) is 5.73 Å². The molecule has 0 aliphatic heterocycles. The van der Waals surface area contributed by atoms with Crippen LogP contribution in [0.15, 0.2) is 18.3 Å². The van der Waals surface area contributed by atoms with Crippen LogP contribution in [0.1, 0.15) is 31.2 Å². The lowest BCUT2D eigenvalue weighted by atomic mass is 9.76. The third-order valence-electron chi connectivity index (χ3n) is 3.18. The van der Waals surface area contributed by atoms with Crippen molar-refractivity contribution in [1.29, 1.82) is 0 Å². The van der Waals surface area contributed by atoms with Crippen LogP contribution in [-0.4, -0.2) is 10.9 Å². The Morgan fingerprint density at radius 2 is 1.75 bits per heavy atom. The molecule has 0 radical (unpaired) electrons. The highest BCUT2D eigenvalue weighted by Crippen LogP contribution is 2.41. The molecule has 0 aromatic carbocycles. The lowest BCUT2D eigenvalue weighted by Crippen LogP contribution is -2.43. The average Bonchev–Trinajstić information content (AvgIpc) is 2.24. The van der Waals surface area contributed by atoms with Gasteiger partial charge in [-0.1, -0.05) is 6.07 Å². The first-order valence-corrected chi connectivity index (χ1v) is 5.20. The van der Waals surface area contributed by atoms with Crippen molar-refractivity contribution in [1.82, 2.24) is 4.98 Å². The van der Waals surface area contributed by atoms with E-state index in [4.69, 9.17) is 5.73 Å². The van der Waals surface area contributed by atoms with Crippen LogP contribution >= 0.6 is 0 Å². The molecular formula is C11H13F3N2. The summed E-state index contributed by atoms with van der Waals surface area (Å²) in [4.78, 5) is 3.50. The number of nitrogens with zero attached hydrogens (tertiary/aromatic N) is 1. The number of halogens is 3. The van der Waals surface area contributed by atoms with Gasteiger partial charge in [-0.2, -0.15) is 4.39 Å².